The number of anilines is 1. The third kappa shape index (κ3) is 4.00. The Balaban J connectivity index is 2.14. The molecule has 0 radical (unpaired) electrons. The molecule has 0 bridgehead atoms. The lowest BCUT2D eigenvalue weighted by Gasteiger charge is -2.11. The minimum atomic E-state index is -0.855. The molecule has 5 nitrogen and oxygen atoms in total. The number of amides is 2. The van der Waals surface area contributed by atoms with Crippen molar-refractivity contribution in [3.8, 4) is 0 Å². The Morgan fingerprint density at radius 3 is 2.22 bits per heavy atom. The first-order valence-electron chi connectivity index (χ1n) is 6.81. The quantitative estimate of drug-likeness (QED) is 0.696. The molecule has 0 aromatic heterocycles. The number of rotatable bonds is 4. The first-order chi connectivity index (χ1) is 10.9. The standard InChI is InChI=1S/C17H15FN2O3/c1-20(2)17(23)12-4-3-5-14(10-12)19-16(22)15(21)11-6-8-13(18)9-7-11/h3-10H,1-2H3,(H,19,22). The monoisotopic (exact) mass is 314 g/mol. The zero-order valence-corrected chi connectivity index (χ0v) is 12.7. The van der Waals surface area contributed by atoms with Crippen LogP contribution in [0.5, 0.6) is 0 Å². The molecule has 0 heterocycles. The van der Waals surface area contributed by atoms with Crippen LogP contribution in [0.25, 0.3) is 0 Å². The number of carbonyl (C=O) groups is 3. The predicted molar refractivity (Wildman–Crippen MR) is 83.8 cm³/mol. The molecule has 0 aliphatic heterocycles. The molecular formula is C17H15FN2O3. The van der Waals surface area contributed by atoms with Gasteiger partial charge in [0.15, 0.2) is 0 Å². The summed E-state index contributed by atoms with van der Waals surface area (Å²) in [5, 5.41) is 2.44. The van der Waals surface area contributed by atoms with Gasteiger partial charge in [-0.3, -0.25) is 14.4 Å². The second-order valence-electron chi connectivity index (χ2n) is 5.07. The van der Waals surface area contributed by atoms with Crippen LogP contribution in [-0.4, -0.2) is 36.6 Å². The van der Waals surface area contributed by atoms with Crippen molar-refractivity contribution >= 4 is 23.3 Å². The first-order valence-corrected chi connectivity index (χ1v) is 6.81. The number of Topliss-reactive ketones (excluding diaryl/α,β-unsaturated/α-hetero) is 1. The summed E-state index contributed by atoms with van der Waals surface area (Å²) in [5.41, 5.74) is 0.810. The molecule has 23 heavy (non-hydrogen) atoms. The van der Waals surface area contributed by atoms with Crippen LogP contribution in [0.4, 0.5) is 10.1 Å². The zero-order valence-electron chi connectivity index (χ0n) is 12.7. The lowest BCUT2D eigenvalue weighted by atomic mass is 10.1. The maximum absolute atomic E-state index is 12.8. The van der Waals surface area contributed by atoms with Crippen LogP contribution >= 0.6 is 0 Å². The lowest BCUT2D eigenvalue weighted by molar-refractivity contribution is -0.112. The van der Waals surface area contributed by atoms with Crippen molar-refractivity contribution < 1.29 is 18.8 Å². The van der Waals surface area contributed by atoms with Gasteiger partial charge in [0.25, 0.3) is 17.6 Å². The minimum absolute atomic E-state index is 0.0874. The SMILES string of the molecule is CN(C)C(=O)c1cccc(NC(=O)C(=O)c2ccc(F)cc2)c1. The van der Waals surface area contributed by atoms with E-state index >= 15 is 0 Å². The van der Waals surface area contributed by atoms with Crippen molar-refractivity contribution in [3.05, 3.63) is 65.5 Å². The molecule has 2 aromatic carbocycles. The fourth-order valence-corrected chi connectivity index (χ4v) is 1.91. The summed E-state index contributed by atoms with van der Waals surface area (Å²) in [4.78, 5) is 37.2. The third-order valence-electron chi connectivity index (χ3n) is 3.09. The number of halogens is 1. The van der Waals surface area contributed by atoms with Gasteiger partial charge in [0.05, 0.1) is 0 Å². The molecule has 2 aromatic rings. The van der Waals surface area contributed by atoms with Gasteiger partial charge in [-0.1, -0.05) is 6.07 Å². The van der Waals surface area contributed by atoms with E-state index in [1.807, 2.05) is 0 Å². The molecule has 2 rings (SSSR count). The Labute approximate surface area is 132 Å². The summed E-state index contributed by atoms with van der Waals surface area (Å²) >= 11 is 0. The van der Waals surface area contributed by atoms with E-state index in [0.717, 1.165) is 12.1 Å². The highest BCUT2D eigenvalue weighted by molar-refractivity contribution is 6.46. The topological polar surface area (TPSA) is 66.5 Å². The first kappa shape index (κ1) is 16.4. The smallest absolute Gasteiger partial charge is 0.296 e. The van der Waals surface area contributed by atoms with Crippen molar-refractivity contribution in [1.29, 1.82) is 0 Å². The zero-order chi connectivity index (χ0) is 17.0. The minimum Gasteiger partial charge on any atom is -0.345 e. The molecule has 1 N–H and O–H groups in total. The van der Waals surface area contributed by atoms with E-state index in [1.165, 1.54) is 23.1 Å². The number of nitrogens with one attached hydrogen (secondary N) is 1. The Hall–Kier alpha value is -3.02. The second kappa shape index (κ2) is 6.83. The predicted octanol–water partition coefficient (Wildman–Crippen LogP) is 2.35. The van der Waals surface area contributed by atoms with Crippen molar-refractivity contribution in [1.82, 2.24) is 4.90 Å². The number of carbonyl (C=O) groups excluding carboxylic acids is 3. The lowest BCUT2D eigenvalue weighted by Crippen LogP contribution is -2.24. The van der Waals surface area contributed by atoms with Gasteiger partial charge in [0.1, 0.15) is 5.82 Å². The van der Waals surface area contributed by atoms with Crippen molar-refractivity contribution in [2.45, 2.75) is 0 Å². The molecule has 0 aliphatic carbocycles. The normalized spacial score (nSPS) is 10.0. The highest BCUT2D eigenvalue weighted by atomic mass is 19.1. The average Bonchev–Trinajstić information content (AvgIpc) is 2.54. The van der Waals surface area contributed by atoms with E-state index in [-0.39, 0.29) is 11.5 Å². The summed E-state index contributed by atoms with van der Waals surface area (Å²) in [5.74, 6) is -2.34. The third-order valence-corrected chi connectivity index (χ3v) is 3.09. The molecule has 0 fully saturated rings. The van der Waals surface area contributed by atoms with Crippen LogP contribution in [0, 0.1) is 5.82 Å². The van der Waals surface area contributed by atoms with Gasteiger partial charge in [0, 0.05) is 30.9 Å². The van der Waals surface area contributed by atoms with Gasteiger partial charge in [-0.2, -0.15) is 0 Å². The van der Waals surface area contributed by atoms with Crippen molar-refractivity contribution in [2.75, 3.05) is 19.4 Å². The molecule has 6 heteroatoms. The highest BCUT2D eigenvalue weighted by Gasteiger charge is 2.17. The van der Waals surface area contributed by atoms with Crippen molar-refractivity contribution in [3.63, 3.8) is 0 Å². The van der Waals surface area contributed by atoms with E-state index in [1.54, 1.807) is 32.3 Å². The Kier molecular flexibility index (Phi) is 4.85. The largest absolute Gasteiger partial charge is 0.345 e. The van der Waals surface area contributed by atoms with Crippen LogP contribution in [0.2, 0.25) is 0 Å². The molecule has 0 spiro atoms. The van der Waals surface area contributed by atoms with Crippen molar-refractivity contribution in [2.24, 2.45) is 0 Å². The molecule has 0 atom stereocenters. The second-order valence-corrected chi connectivity index (χ2v) is 5.07. The molecule has 0 unspecified atom stereocenters. The number of hydrogen-bond donors (Lipinski definition) is 1. The Bertz CT molecular complexity index is 755. The molecule has 118 valence electrons. The number of nitrogens with zero attached hydrogens (tertiary/aromatic N) is 1. The fraction of sp³-hybridized carbons (Fsp3) is 0.118. The summed E-state index contributed by atoms with van der Waals surface area (Å²) in [6.07, 6.45) is 0. The summed E-state index contributed by atoms with van der Waals surface area (Å²) in [6.45, 7) is 0. The Morgan fingerprint density at radius 1 is 0.957 bits per heavy atom. The fourth-order valence-electron chi connectivity index (χ4n) is 1.91. The van der Waals surface area contributed by atoms with E-state index in [9.17, 15) is 18.8 Å². The van der Waals surface area contributed by atoms with Gasteiger partial charge in [0.2, 0.25) is 0 Å². The van der Waals surface area contributed by atoms with Gasteiger partial charge >= 0.3 is 0 Å². The van der Waals surface area contributed by atoms with Crippen LogP contribution in [0.3, 0.4) is 0 Å². The maximum atomic E-state index is 12.8. The van der Waals surface area contributed by atoms with Gasteiger partial charge in [-0.25, -0.2) is 4.39 Å². The van der Waals surface area contributed by atoms with Crippen LogP contribution in [-0.2, 0) is 4.79 Å². The summed E-state index contributed by atoms with van der Waals surface area (Å²) in [7, 11) is 3.23. The number of hydrogen-bond acceptors (Lipinski definition) is 3. The van der Waals surface area contributed by atoms with Gasteiger partial charge in [-0.15, -0.1) is 0 Å². The molecule has 2 amide bonds. The van der Waals surface area contributed by atoms with E-state index in [2.05, 4.69) is 5.32 Å². The van der Waals surface area contributed by atoms with Gasteiger partial charge < -0.3 is 10.2 Å². The Morgan fingerprint density at radius 2 is 1.61 bits per heavy atom. The number of ketones is 1. The highest BCUT2D eigenvalue weighted by Crippen LogP contribution is 2.13. The molecule has 0 saturated carbocycles. The van der Waals surface area contributed by atoms with E-state index in [0.29, 0.717) is 11.3 Å². The van der Waals surface area contributed by atoms with E-state index in [4.69, 9.17) is 0 Å². The average molecular weight is 314 g/mol. The molecule has 0 aliphatic rings. The maximum Gasteiger partial charge on any atom is 0.296 e. The summed E-state index contributed by atoms with van der Waals surface area (Å²) in [6, 6.07) is 11.0. The van der Waals surface area contributed by atoms with Crippen LogP contribution < -0.4 is 5.32 Å². The molecular weight excluding hydrogens is 299 g/mol. The molecule has 0 saturated heterocycles. The summed E-state index contributed by atoms with van der Waals surface area (Å²) < 4.78 is 12.8. The number of benzene rings is 2. The van der Waals surface area contributed by atoms with Gasteiger partial charge in [-0.05, 0) is 42.5 Å². The van der Waals surface area contributed by atoms with Crippen LogP contribution in [0.15, 0.2) is 48.5 Å². The van der Waals surface area contributed by atoms with Crippen LogP contribution in [0.1, 0.15) is 20.7 Å². The van der Waals surface area contributed by atoms with E-state index < -0.39 is 17.5 Å².